The second kappa shape index (κ2) is 7.97. The van der Waals surface area contributed by atoms with E-state index >= 15 is 0 Å². The fourth-order valence-corrected chi connectivity index (χ4v) is 3.42. The van der Waals surface area contributed by atoms with Crippen molar-refractivity contribution in [2.45, 2.75) is 33.8 Å². The number of pyridine rings is 1. The quantitative estimate of drug-likeness (QED) is 0.431. The number of benzene rings is 2. The Hall–Kier alpha value is -2.59. The molecule has 0 spiro atoms. The molecule has 0 aliphatic carbocycles. The summed E-state index contributed by atoms with van der Waals surface area (Å²) >= 11 is 6.36. The first-order valence-electron chi connectivity index (χ1n) is 8.90. The molecule has 5 heteroatoms. The highest BCUT2D eigenvalue weighted by molar-refractivity contribution is 6.34. The lowest BCUT2D eigenvalue weighted by molar-refractivity contribution is -0.150. The zero-order chi connectivity index (χ0) is 19.6. The molecule has 27 heavy (non-hydrogen) atoms. The van der Waals surface area contributed by atoms with Gasteiger partial charge in [-0.05, 0) is 68.0 Å². The second-order valence-corrected chi connectivity index (χ2v) is 6.81. The Morgan fingerprint density at radius 1 is 1.15 bits per heavy atom. The third-order valence-electron chi connectivity index (χ3n) is 4.49. The SMILES string of the molecule is CCOC(=O)[C@@H](C)Oc1ccc2c(-c3c(C)cccc3C)cnc(Cl)c2c1. The highest BCUT2D eigenvalue weighted by atomic mass is 35.5. The van der Waals surface area contributed by atoms with E-state index in [9.17, 15) is 4.79 Å². The van der Waals surface area contributed by atoms with Crippen LogP contribution in [-0.2, 0) is 9.53 Å². The van der Waals surface area contributed by atoms with E-state index in [-0.39, 0.29) is 0 Å². The van der Waals surface area contributed by atoms with Gasteiger partial charge < -0.3 is 9.47 Å². The molecule has 0 saturated carbocycles. The van der Waals surface area contributed by atoms with Gasteiger partial charge in [0.05, 0.1) is 6.61 Å². The van der Waals surface area contributed by atoms with E-state index in [1.807, 2.05) is 30.5 Å². The van der Waals surface area contributed by atoms with E-state index < -0.39 is 12.1 Å². The van der Waals surface area contributed by atoms with Crippen LogP contribution < -0.4 is 4.74 Å². The predicted molar refractivity (Wildman–Crippen MR) is 108 cm³/mol. The molecule has 4 nitrogen and oxygen atoms in total. The van der Waals surface area contributed by atoms with Crippen LogP contribution in [0.5, 0.6) is 5.75 Å². The van der Waals surface area contributed by atoms with Crippen LogP contribution in [0.1, 0.15) is 25.0 Å². The molecule has 0 saturated heterocycles. The lowest BCUT2D eigenvalue weighted by Crippen LogP contribution is -2.26. The standard InChI is InChI=1S/C22H22ClNO3/c1-5-26-22(25)15(4)27-16-9-10-17-18(11-16)21(23)24-12-19(17)20-13(2)7-6-8-14(20)3/h6-12,15H,5H2,1-4H3/t15-/m1/s1. The molecule has 0 bridgehead atoms. The van der Waals surface area contributed by atoms with Gasteiger partial charge in [0.2, 0.25) is 0 Å². The summed E-state index contributed by atoms with van der Waals surface area (Å²) in [6, 6.07) is 11.8. The predicted octanol–water partition coefficient (Wildman–Crippen LogP) is 5.50. The third-order valence-corrected chi connectivity index (χ3v) is 4.79. The Labute approximate surface area is 164 Å². The van der Waals surface area contributed by atoms with Crippen LogP contribution in [0.4, 0.5) is 0 Å². The van der Waals surface area contributed by atoms with E-state index in [0.717, 1.165) is 21.9 Å². The van der Waals surface area contributed by atoms with Crippen molar-refractivity contribution in [2.24, 2.45) is 0 Å². The molecule has 0 radical (unpaired) electrons. The number of carbonyl (C=O) groups is 1. The molecule has 0 aliphatic rings. The van der Waals surface area contributed by atoms with Gasteiger partial charge in [-0.3, -0.25) is 0 Å². The van der Waals surface area contributed by atoms with Gasteiger partial charge in [-0.1, -0.05) is 29.8 Å². The maximum Gasteiger partial charge on any atom is 0.347 e. The molecule has 3 aromatic rings. The highest BCUT2D eigenvalue weighted by Crippen LogP contribution is 2.36. The van der Waals surface area contributed by atoms with Gasteiger partial charge in [0.25, 0.3) is 0 Å². The van der Waals surface area contributed by atoms with Crippen molar-refractivity contribution in [1.29, 1.82) is 0 Å². The summed E-state index contributed by atoms with van der Waals surface area (Å²) in [5.74, 6) is 0.150. The fraction of sp³-hybridized carbons (Fsp3) is 0.273. The van der Waals surface area contributed by atoms with Crippen molar-refractivity contribution < 1.29 is 14.3 Å². The molecule has 0 aliphatic heterocycles. The number of hydrogen-bond donors (Lipinski definition) is 0. The molecular formula is C22H22ClNO3. The monoisotopic (exact) mass is 383 g/mol. The molecule has 140 valence electrons. The van der Waals surface area contributed by atoms with Crippen LogP contribution in [0.3, 0.4) is 0 Å². The van der Waals surface area contributed by atoms with Crippen molar-refractivity contribution >= 4 is 28.3 Å². The van der Waals surface area contributed by atoms with Crippen LogP contribution in [0.2, 0.25) is 5.15 Å². The number of hydrogen-bond acceptors (Lipinski definition) is 4. The first-order valence-corrected chi connectivity index (χ1v) is 9.28. The number of aromatic nitrogens is 1. The molecule has 1 heterocycles. The number of esters is 1. The van der Waals surface area contributed by atoms with Crippen molar-refractivity contribution in [2.75, 3.05) is 6.61 Å². The van der Waals surface area contributed by atoms with Crippen LogP contribution in [0, 0.1) is 13.8 Å². The van der Waals surface area contributed by atoms with Gasteiger partial charge in [0.1, 0.15) is 10.9 Å². The molecule has 2 aromatic carbocycles. The molecule has 0 N–H and O–H groups in total. The fourth-order valence-electron chi connectivity index (χ4n) is 3.21. The maximum absolute atomic E-state index is 11.8. The summed E-state index contributed by atoms with van der Waals surface area (Å²) in [4.78, 5) is 16.2. The van der Waals surface area contributed by atoms with Gasteiger partial charge in [-0.2, -0.15) is 0 Å². The van der Waals surface area contributed by atoms with E-state index in [4.69, 9.17) is 21.1 Å². The van der Waals surface area contributed by atoms with Crippen LogP contribution >= 0.6 is 11.6 Å². The molecule has 0 amide bonds. The minimum atomic E-state index is -0.698. The summed E-state index contributed by atoms with van der Waals surface area (Å²) in [5.41, 5.74) is 4.53. The lowest BCUT2D eigenvalue weighted by Gasteiger charge is -2.16. The number of aryl methyl sites for hydroxylation is 2. The highest BCUT2D eigenvalue weighted by Gasteiger charge is 2.17. The second-order valence-electron chi connectivity index (χ2n) is 6.45. The van der Waals surface area contributed by atoms with Crippen molar-refractivity contribution in [3.8, 4) is 16.9 Å². The Balaban J connectivity index is 2.06. The Morgan fingerprint density at radius 2 is 1.85 bits per heavy atom. The van der Waals surface area contributed by atoms with Gasteiger partial charge in [0.15, 0.2) is 6.10 Å². The first kappa shape index (κ1) is 19.2. The van der Waals surface area contributed by atoms with E-state index in [2.05, 4.69) is 31.0 Å². The topological polar surface area (TPSA) is 48.4 Å². The van der Waals surface area contributed by atoms with Crippen molar-refractivity contribution in [3.05, 3.63) is 58.9 Å². The number of rotatable bonds is 5. The zero-order valence-electron chi connectivity index (χ0n) is 15.9. The number of carbonyl (C=O) groups excluding carboxylic acids is 1. The van der Waals surface area contributed by atoms with E-state index in [1.165, 1.54) is 11.1 Å². The van der Waals surface area contributed by atoms with Crippen molar-refractivity contribution in [1.82, 2.24) is 4.98 Å². The number of halogens is 1. The van der Waals surface area contributed by atoms with Gasteiger partial charge in [-0.15, -0.1) is 0 Å². The van der Waals surface area contributed by atoms with Gasteiger partial charge in [0, 0.05) is 17.1 Å². The number of nitrogens with zero attached hydrogens (tertiary/aromatic N) is 1. The van der Waals surface area contributed by atoms with Gasteiger partial charge >= 0.3 is 5.97 Å². The molecular weight excluding hydrogens is 362 g/mol. The van der Waals surface area contributed by atoms with Crippen molar-refractivity contribution in [3.63, 3.8) is 0 Å². The third kappa shape index (κ3) is 3.91. The minimum absolute atomic E-state index is 0.319. The molecule has 0 fully saturated rings. The molecule has 0 unspecified atom stereocenters. The largest absolute Gasteiger partial charge is 0.479 e. The normalized spacial score (nSPS) is 12.0. The average Bonchev–Trinajstić information content (AvgIpc) is 2.63. The first-order chi connectivity index (χ1) is 12.9. The molecule has 3 rings (SSSR count). The van der Waals surface area contributed by atoms with E-state index in [0.29, 0.717) is 17.5 Å². The molecule has 1 atom stereocenters. The summed E-state index contributed by atoms with van der Waals surface area (Å²) in [6.45, 7) is 7.91. The van der Waals surface area contributed by atoms with Crippen LogP contribution in [0.25, 0.3) is 21.9 Å². The summed E-state index contributed by atoms with van der Waals surface area (Å²) in [5, 5.41) is 2.17. The number of ether oxygens (including phenoxy) is 2. The Morgan fingerprint density at radius 3 is 2.52 bits per heavy atom. The lowest BCUT2D eigenvalue weighted by atomic mass is 9.93. The Kier molecular flexibility index (Phi) is 5.66. The Bertz CT molecular complexity index is 980. The van der Waals surface area contributed by atoms with Gasteiger partial charge in [-0.25, -0.2) is 9.78 Å². The van der Waals surface area contributed by atoms with Crippen LogP contribution in [-0.4, -0.2) is 23.7 Å². The zero-order valence-corrected chi connectivity index (χ0v) is 16.6. The summed E-state index contributed by atoms with van der Waals surface area (Å²) in [7, 11) is 0. The smallest absolute Gasteiger partial charge is 0.347 e. The average molecular weight is 384 g/mol. The molecule has 1 aromatic heterocycles. The van der Waals surface area contributed by atoms with Crippen LogP contribution in [0.15, 0.2) is 42.6 Å². The number of fused-ring (bicyclic) bond motifs is 1. The minimum Gasteiger partial charge on any atom is -0.479 e. The summed E-state index contributed by atoms with van der Waals surface area (Å²) in [6.07, 6.45) is 1.11. The summed E-state index contributed by atoms with van der Waals surface area (Å²) < 4.78 is 10.7. The maximum atomic E-state index is 11.8. The van der Waals surface area contributed by atoms with E-state index in [1.54, 1.807) is 13.8 Å².